The zero-order valence-electron chi connectivity index (χ0n) is 13.0. The first-order chi connectivity index (χ1) is 11.5. The fraction of sp³-hybridized carbons (Fsp3) is 0.167. The Labute approximate surface area is 143 Å². The lowest BCUT2D eigenvalue weighted by molar-refractivity contribution is 0.544. The van der Waals surface area contributed by atoms with Crippen molar-refractivity contribution in [3.8, 4) is 6.07 Å². The summed E-state index contributed by atoms with van der Waals surface area (Å²) in [5.41, 5.74) is 7.46. The van der Waals surface area contributed by atoms with Gasteiger partial charge in [-0.15, -0.1) is 0 Å². The fourth-order valence-corrected chi connectivity index (χ4v) is 3.34. The molecule has 1 atom stereocenters. The van der Waals surface area contributed by atoms with Crippen LogP contribution in [0.2, 0.25) is 0 Å². The maximum Gasteiger partial charge on any atom is 0.159 e. The summed E-state index contributed by atoms with van der Waals surface area (Å²) in [4.78, 5) is 8.65. The number of aliphatic imine (C=N–C) groups is 1. The topological polar surface area (TPSA) is 75.1 Å². The minimum atomic E-state index is -0.836. The Kier molecular flexibility index (Phi) is 4.36. The molecule has 0 bridgehead atoms. The average Bonchev–Trinajstić information content (AvgIpc) is 2.57. The van der Waals surface area contributed by atoms with Crippen LogP contribution in [0.5, 0.6) is 0 Å². The van der Waals surface area contributed by atoms with Gasteiger partial charge in [0, 0.05) is 18.2 Å². The Balaban J connectivity index is 2.00. The number of aromatic nitrogens is 1. The highest BCUT2D eigenvalue weighted by atomic mass is 32.2. The van der Waals surface area contributed by atoms with Crippen LogP contribution >= 0.6 is 11.8 Å². The van der Waals surface area contributed by atoms with Gasteiger partial charge in [-0.25, -0.2) is 9.38 Å². The SMILES string of the molecule is C[C@@]1(c2cc(Cc3ncccc3C#N)ccc2F)C=CSC(N)=N1. The first kappa shape index (κ1) is 16.2. The van der Waals surface area contributed by atoms with E-state index in [4.69, 9.17) is 5.73 Å². The largest absolute Gasteiger partial charge is 0.378 e. The second kappa shape index (κ2) is 6.46. The molecule has 1 aliphatic rings. The van der Waals surface area contributed by atoms with E-state index in [0.717, 1.165) is 5.56 Å². The van der Waals surface area contributed by atoms with Crippen LogP contribution < -0.4 is 5.73 Å². The Morgan fingerprint density at radius 2 is 2.21 bits per heavy atom. The average molecular weight is 338 g/mol. The zero-order chi connectivity index (χ0) is 17.2. The van der Waals surface area contributed by atoms with E-state index in [1.54, 1.807) is 30.5 Å². The lowest BCUT2D eigenvalue weighted by Crippen LogP contribution is -2.24. The predicted molar refractivity (Wildman–Crippen MR) is 93.9 cm³/mol. The van der Waals surface area contributed by atoms with Crippen molar-refractivity contribution in [2.45, 2.75) is 18.9 Å². The summed E-state index contributed by atoms with van der Waals surface area (Å²) in [6, 6.07) is 10.5. The standard InChI is InChI=1S/C18H15FN4S/c1-18(6-8-24-17(21)23-18)14-9-12(4-5-15(14)19)10-16-13(11-20)3-2-7-22-16/h2-9H,10H2,1H3,(H2,21,23)/t18-/m0/s1. The van der Waals surface area contributed by atoms with Crippen molar-refractivity contribution < 1.29 is 4.39 Å². The van der Waals surface area contributed by atoms with Crippen LogP contribution in [0.25, 0.3) is 0 Å². The molecule has 0 aliphatic carbocycles. The van der Waals surface area contributed by atoms with Gasteiger partial charge in [0.2, 0.25) is 0 Å². The number of nitrogens with two attached hydrogens (primary N) is 1. The molecule has 2 heterocycles. The molecule has 2 aromatic rings. The number of pyridine rings is 1. The minimum absolute atomic E-state index is 0.337. The predicted octanol–water partition coefficient (Wildman–Crippen LogP) is 3.47. The highest BCUT2D eigenvalue weighted by Gasteiger charge is 2.29. The molecule has 120 valence electrons. The van der Waals surface area contributed by atoms with Crippen molar-refractivity contribution in [3.63, 3.8) is 0 Å². The molecule has 2 N–H and O–H groups in total. The third-order valence-electron chi connectivity index (χ3n) is 3.88. The molecular formula is C18H15FN4S. The normalized spacial score (nSPS) is 19.6. The molecule has 1 aliphatic heterocycles. The van der Waals surface area contributed by atoms with Crippen molar-refractivity contribution in [2.75, 3.05) is 0 Å². The Hall–Kier alpha value is -2.65. The highest BCUT2D eigenvalue weighted by molar-refractivity contribution is 8.16. The summed E-state index contributed by atoms with van der Waals surface area (Å²) >= 11 is 1.31. The van der Waals surface area contributed by atoms with Crippen molar-refractivity contribution in [3.05, 3.63) is 76.2 Å². The molecule has 0 fully saturated rings. The Morgan fingerprint density at radius 1 is 1.38 bits per heavy atom. The van der Waals surface area contributed by atoms with Crippen molar-refractivity contribution in [2.24, 2.45) is 10.7 Å². The highest BCUT2D eigenvalue weighted by Crippen LogP contribution is 2.34. The van der Waals surface area contributed by atoms with E-state index >= 15 is 0 Å². The van der Waals surface area contributed by atoms with Gasteiger partial charge < -0.3 is 5.73 Å². The molecule has 0 saturated carbocycles. The molecular weight excluding hydrogens is 323 g/mol. The molecule has 4 nitrogen and oxygen atoms in total. The monoisotopic (exact) mass is 338 g/mol. The van der Waals surface area contributed by atoms with E-state index in [2.05, 4.69) is 16.0 Å². The summed E-state index contributed by atoms with van der Waals surface area (Å²) in [6.45, 7) is 1.82. The number of rotatable bonds is 3. The van der Waals surface area contributed by atoms with Crippen LogP contribution in [0.4, 0.5) is 4.39 Å². The van der Waals surface area contributed by atoms with Crippen LogP contribution in [0.3, 0.4) is 0 Å². The molecule has 1 aromatic carbocycles. The number of amidine groups is 1. The first-order valence-electron chi connectivity index (χ1n) is 7.34. The van der Waals surface area contributed by atoms with E-state index in [1.165, 1.54) is 17.8 Å². The van der Waals surface area contributed by atoms with Crippen LogP contribution in [-0.2, 0) is 12.0 Å². The number of halogens is 1. The van der Waals surface area contributed by atoms with Crippen molar-refractivity contribution in [1.29, 1.82) is 5.26 Å². The number of thioether (sulfide) groups is 1. The van der Waals surface area contributed by atoms with Crippen LogP contribution in [-0.4, -0.2) is 10.2 Å². The summed E-state index contributed by atoms with van der Waals surface area (Å²) in [6.07, 6.45) is 3.93. The smallest absolute Gasteiger partial charge is 0.159 e. The van der Waals surface area contributed by atoms with Gasteiger partial charge in [-0.2, -0.15) is 5.26 Å². The molecule has 3 rings (SSSR count). The van der Waals surface area contributed by atoms with Gasteiger partial charge in [0.25, 0.3) is 0 Å². The van der Waals surface area contributed by atoms with Crippen molar-refractivity contribution in [1.82, 2.24) is 4.98 Å². The quantitative estimate of drug-likeness (QED) is 0.930. The number of hydrogen-bond acceptors (Lipinski definition) is 5. The van der Waals surface area contributed by atoms with Crippen LogP contribution in [0.15, 0.2) is 53.0 Å². The molecule has 0 radical (unpaired) electrons. The van der Waals surface area contributed by atoms with Gasteiger partial charge in [0.1, 0.15) is 17.4 Å². The molecule has 0 spiro atoms. The summed E-state index contributed by atoms with van der Waals surface area (Å²) in [5, 5.41) is 11.4. The van der Waals surface area contributed by atoms with E-state index in [0.29, 0.717) is 28.4 Å². The molecule has 1 aromatic heterocycles. The zero-order valence-corrected chi connectivity index (χ0v) is 13.8. The summed E-state index contributed by atoms with van der Waals surface area (Å²) in [5.74, 6) is -0.337. The number of nitrogens with zero attached hydrogens (tertiary/aromatic N) is 3. The lowest BCUT2D eigenvalue weighted by Gasteiger charge is -2.26. The van der Waals surface area contributed by atoms with Crippen LogP contribution in [0, 0.1) is 17.1 Å². The van der Waals surface area contributed by atoms with Crippen LogP contribution in [0.1, 0.15) is 29.3 Å². The summed E-state index contributed by atoms with van der Waals surface area (Å²) in [7, 11) is 0. The van der Waals surface area contributed by atoms with Gasteiger partial charge >= 0.3 is 0 Å². The molecule has 0 amide bonds. The Morgan fingerprint density at radius 3 is 2.96 bits per heavy atom. The minimum Gasteiger partial charge on any atom is -0.378 e. The van der Waals surface area contributed by atoms with Gasteiger partial charge in [-0.3, -0.25) is 4.98 Å². The van der Waals surface area contributed by atoms with E-state index in [9.17, 15) is 9.65 Å². The third kappa shape index (κ3) is 3.17. The van der Waals surface area contributed by atoms with Crippen molar-refractivity contribution >= 4 is 16.9 Å². The van der Waals surface area contributed by atoms with E-state index in [-0.39, 0.29) is 5.82 Å². The lowest BCUT2D eigenvalue weighted by atomic mass is 9.90. The number of nitriles is 1. The second-order valence-electron chi connectivity index (χ2n) is 5.62. The van der Waals surface area contributed by atoms with Gasteiger partial charge in [0.05, 0.1) is 11.3 Å². The number of benzene rings is 1. The van der Waals surface area contributed by atoms with Gasteiger partial charge in [-0.05, 0) is 48.2 Å². The molecule has 0 saturated heterocycles. The molecule has 24 heavy (non-hydrogen) atoms. The third-order valence-corrected chi connectivity index (χ3v) is 4.49. The van der Waals surface area contributed by atoms with Gasteiger partial charge in [0.15, 0.2) is 5.17 Å². The molecule has 6 heteroatoms. The maximum atomic E-state index is 14.4. The first-order valence-corrected chi connectivity index (χ1v) is 8.22. The second-order valence-corrected chi connectivity index (χ2v) is 6.54. The summed E-state index contributed by atoms with van der Waals surface area (Å²) < 4.78 is 14.4. The number of hydrogen-bond donors (Lipinski definition) is 1. The Bertz CT molecular complexity index is 885. The van der Waals surface area contributed by atoms with Gasteiger partial charge in [-0.1, -0.05) is 17.8 Å². The fourth-order valence-electron chi connectivity index (χ4n) is 2.62. The van der Waals surface area contributed by atoms with E-state index < -0.39 is 5.54 Å². The van der Waals surface area contributed by atoms with E-state index in [1.807, 2.05) is 18.4 Å². The molecule has 0 unspecified atom stereocenters. The maximum absolute atomic E-state index is 14.4.